The Morgan fingerprint density at radius 1 is 0.970 bits per heavy atom. The summed E-state index contributed by atoms with van der Waals surface area (Å²) < 4.78 is 10.7. The fourth-order valence-electron chi connectivity index (χ4n) is 3.18. The fraction of sp³-hybridized carbons (Fsp3) is 0.185. The number of carbonyl (C=O) groups is 1. The number of benzene rings is 3. The van der Waals surface area contributed by atoms with Gasteiger partial charge in [0.15, 0.2) is 6.10 Å². The molecule has 0 aliphatic rings. The van der Waals surface area contributed by atoms with Gasteiger partial charge in [-0.1, -0.05) is 59.5 Å². The highest BCUT2D eigenvalue weighted by molar-refractivity contribution is 6.12. The third-order valence-electron chi connectivity index (χ3n) is 4.94. The maximum Gasteiger partial charge on any atom is 0.333 e. The molecule has 0 spiro atoms. The van der Waals surface area contributed by atoms with Crippen LogP contribution in [-0.4, -0.2) is 41.8 Å². The molecule has 3 aromatic rings. The van der Waals surface area contributed by atoms with Crippen LogP contribution in [0.4, 0.5) is 0 Å². The number of carboxylic acid groups (broad SMARTS) is 1. The molecule has 0 saturated carbocycles. The van der Waals surface area contributed by atoms with Crippen molar-refractivity contribution in [3.05, 3.63) is 101 Å². The van der Waals surface area contributed by atoms with E-state index in [0.29, 0.717) is 30.9 Å². The van der Waals surface area contributed by atoms with Crippen LogP contribution in [0.2, 0.25) is 0 Å². The standard InChI is InChI=1S/C27H25NO5/c1-32-25(27(29)30)19-21-12-10-20(11-13-21)7-5-6-18-33-24-16-14-23(15-17-24)26(28-31)22-8-3-2-4-9-22/h2-4,8-17,25,31H,6,18-19H2,1H3,(H,29,30)/b28-26+/t25-/m0/s1. The molecule has 2 N–H and O–H groups in total. The number of rotatable bonds is 9. The minimum Gasteiger partial charge on any atom is -0.493 e. The van der Waals surface area contributed by atoms with Crippen molar-refractivity contribution >= 4 is 11.7 Å². The summed E-state index contributed by atoms with van der Waals surface area (Å²) in [7, 11) is 1.39. The Kier molecular flexibility index (Phi) is 8.63. The number of oxime groups is 1. The Hall–Kier alpha value is -4.08. The molecule has 0 amide bonds. The van der Waals surface area contributed by atoms with Crippen molar-refractivity contribution in [2.24, 2.45) is 5.16 Å². The Labute approximate surface area is 193 Å². The van der Waals surface area contributed by atoms with Gasteiger partial charge in [0, 0.05) is 36.6 Å². The first-order chi connectivity index (χ1) is 16.1. The van der Waals surface area contributed by atoms with E-state index >= 15 is 0 Å². The van der Waals surface area contributed by atoms with E-state index in [2.05, 4.69) is 17.0 Å². The van der Waals surface area contributed by atoms with Crippen molar-refractivity contribution < 1.29 is 24.6 Å². The van der Waals surface area contributed by atoms with Crippen LogP contribution in [0.3, 0.4) is 0 Å². The molecule has 0 unspecified atom stereocenters. The second kappa shape index (κ2) is 12.1. The Morgan fingerprint density at radius 2 is 1.64 bits per heavy atom. The van der Waals surface area contributed by atoms with Crippen LogP contribution in [-0.2, 0) is 16.0 Å². The highest BCUT2D eigenvalue weighted by Gasteiger charge is 2.16. The molecule has 33 heavy (non-hydrogen) atoms. The number of carboxylic acids is 1. The predicted molar refractivity (Wildman–Crippen MR) is 126 cm³/mol. The summed E-state index contributed by atoms with van der Waals surface area (Å²) in [5, 5.41) is 21.9. The summed E-state index contributed by atoms with van der Waals surface area (Å²) >= 11 is 0. The summed E-state index contributed by atoms with van der Waals surface area (Å²) in [4.78, 5) is 11.1. The molecule has 0 aliphatic carbocycles. The van der Waals surface area contributed by atoms with E-state index in [0.717, 1.165) is 22.3 Å². The molecule has 0 radical (unpaired) electrons. The first-order valence-corrected chi connectivity index (χ1v) is 10.4. The zero-order chi connectivity index (χ0) is 23.5. The number of hydrogen-bond acceptors (Lipinski definition) is 5. The third-order valence-corrected chi connectivity index (χ3v) is 4.94. The molecule has 0 heterocycles. The predicted octanol–water partition coefficient (Wildman–Crippen LogP) is 4.38. The van der Waals surface area contributed by atoms with Crippen molar-refractivity contribution in [1.82, 2.24) is 0 Å². The van der Waals surface area contributed by atoms with E-state index < -0.39 is 12.1 Å². The quantitative estimate of drug-likeness (QED) is 0.169. The molecule has 0 aliphatic heterocycles. The van der Waals surface area contributed by atoms with Gasteiger partial charge in [0.05, 0.1) is 6.61 Å². The van der Waals surface area contributed by atoms with Crippen LogP contribution in [0.15, 0.2) is 84.0 Å². The number of aliphatic carboxylic acids is 1. The Morgan fingerprint density at radius 3 is 2.24 bits per heavy atom. The number of ether oxygens (including phenoxy) is 2. The number of hydrogen-bond donors (Lipinski definition) is 2. The molecule has 168 valence electrons. The Balaban J connectivity index is 1.48. The van der Waals surface area contributed by atoms with Crippen molar-refractivity contribution in [1.29, 1.82) is 0 Å². The second-order valence-electron chi connectivity index (χ2n) is 7.20. The van der Waals surface area contributed by atoms with Crippen LogP contribution in [0.5, 0.6) is 5.75 Å². The van der Waals surface area contributed by atoms with Gasteiger partial charge in [-0.05, 0) is 42.0 Å². The number of methoxy groups -OCH3 is 1. The van der Waals surface area contributed by atoms with Crippen molar-refractivity contribution in [2.45, 2.75) is 18.9 Å². The average molecular weight is 443 g/mol. The van der Waals surface area contributed by atoms with Gasteiger partial charge in [0.2, 0.25) is 0 Å². The van der Waals surface area contributed by atoms with Gasteiger partial charge in [-0.25, -0.2) is 4.79 Å². The molecule has 1 atom stereocenters. The van der Waals surface area contributed by atoms with Gasteiger partial charge < -0.3 is 19.8 Å². The van der Waals surface area contributed by atoms with Crippen LogP contribution < -0.4 is 4.74 Å². The van der Waals surface area contributed by atoms with E-state index in [1.807, 2.05) is 78.9 Å². The van der Waals surface area contributed by atoms with E-state index in [1.165, 1.54) is 7.11 Å². The molecule has 6 heteroatoms. The molecule has 6 nitrogen and oxygen atoms in total. The first kappa shape index (κ1) is 23.6. The normalized spacial score (nSPS) is 11.8. The lowest BCUT2D eigenvalue weighted by Gasteiger charge is -2.10. The molecular weight excluding hydrogens is 418 g/mol. The van der Waals surface area contributed by atoms with Gasteiger partial charge in [-0.2, -0.15) is 0 Å². The summed E-state index contributed by atoms with van der Waals surface area (Å²) in [6.07, 6.45) is 0.0131. The highest BCUT2D eigenvalue weighted by Crippen LogP contribution is 2.16. The first-order valence-electron chi connectivity index (χ1n) is 10.4. The van der Waals surface area contributed by atoms with E-state index in [4.69, 9.17) is 14.6 Å². The smallest absolute Gasteiger partial charge is 0.333 e. The van der Waals surface area contributed by atoms with E-state index in [9.17, 15) is 10.0 Å². The molecule has 0 fully saturated rings. The minimum absolute atomic E-state index is 0.309. The summed E-state index contributed by atoms with van der Waals surface area (Å²) in [6, 6.07) is 24.3. The SMILES string of the molecule is CO[C@@H](Cc1ccc(C#CCCOc2ccc(/C(=N/O)c3ccccc3)cc2)cc1)C(=O)O. The van der Waals surface area contributed by atoms with Crippen LogP contribution in [0.25, 0.3) is 0 Å². The number of nitrogens with zero attached hydrogens (tertiary/aromatic N) is 1. The van der Waals surface area contributed by atoms with Crippen LogP contribution in [0.1, 0.15) is 28.7 Å². The molecule has 0 bridgehead atoms. The average Bonchev–Trinajstić information content (AvgIpc) is 2.85. The van der Waals surface area contributed by atoms with Gasteiger partial charge in [0.25, 0.3) is 0 Å². The van der Waals surface area contributed by atoms with Gasteiger partial charge in [-0.15, -0.1) is 0 Å². The van der Waals surface area contributed by atoms with Gasteiger partial charge in [-0.3, -0.25) is 0 Å². The lowest BCUT2D eigenvalue weighted by Crippen LogP contribution is -2.24. The summed E-state index contributed by atoms with van der Waals surface area (Å²) in [6.45, 7) is 0.443. The summed E-state index contributed by atoms with van der Waals surface area (Å²) in [5.41, 5.74) is 3.85. The molecular formula is C27H25NO5. The second-order valence-corrected chi connectivity index (χ2v) is 7.20. The van der Waals surface area contributed by atoms with Gasteiger partial charge >= 0.3 is 5.97 Å². The molecule has 3 rings (SSSR count). The molecule has 0 aromatic heterocycles. The maximum absolute atomic E-state index is 11.1. The lowest BCUT2D eigenvalue weighted by molar-refractivity contribution is -0.148. The monoisotopic (exact) mass is 443 g/mol. The molecule has 0 saturated heterocycles. The van der Waals surface area contributed by atoms with Crippen LogP contribution >= 0.6 is 0 Å². The van der Waals surface area contributed by atoms with E-state index in [1.54, 1.807) is 0 Å². The minimum atomic E-state index is -0.978. The zero-order valence-corrected chi connectivity index (χ0v) is 18.3. The zero-order valence-electron chi connectivity index (χ0n) is 18.3. The third kappa shape index (κ3) is 6.96. The largest absolute Gasteiger partial charge is 0.493 e. The maximum atomic E-state index is 11.1. The Bertz CT molecular complexity index is 1130. The molecule has 3 aromatic carbocycles. The van der Waals surface area contributed by atoms with E-state index in [-0.39, 0.29) is 0 Å². The summed E-state index contributed by atoms with van der Waals surface area (Å²) in [5.74, 6) is 5.88. The fourth-order valence-corrected chi connectivity index (χ4v) is 3.18. The van der Waals surface area contributed by atoms with Crippen molar-refractivity contribution in [3.8, 4) is 17.6 Å². The highest BCUT2D eigenvalue weighted by atomic mass is 16.5. The van der Waals surface area contributed by atoms with Crippen LogP contribution in [0, 0.1) is 11.8 Å². The van der Waals surface area contributed by atoms with Crippen molar-refractivity contribution in [2.75, 3.05) is 13.7 Å². The topological polar surface area (TPSA) is 88.4 Å². The van der Waals surface area contributed by atoms with Crippen molar-refractivity contribution in [3.63, 3.8) is 0 Å². The lowest BCUT2D eigenvalue weighted by atomic mass is 10.0. The van der Waals surface area contributed by atoms with Gasteiger partial charge in [0.1, 0.15) is 11.5 Å².